The predicted octanol–water partition coefficient (Wildman–Crippen LogP) is 4.07. The van der Waals surface area contributed by atoms with Crippen LogP contribution in [0.15, 0.2) is 46.9 Å². The third kappa shape index (κ3) is 4.08. The molecule has 2 aromatic heterocycles. The van der Waals surface area contributed by atoms with Crippen LogP contribution in [0.1, 0.15) is 34.8 Å². The van der Waals surface area contributed by atoms with Crippen LogP contribution >= 0.6 is 0 Å². The number of nitrogens with zero attached hydrogens (tertiary/aromatic N) is 1. The molecule has 3 aromatic rings. The molecule has 2 N–H and O–H groups in total. The van der Waals surface area contributed by atoms with Gasteiger partial charge in [0.25, 0.3) is 5.91 Å². The number of hydrogen-bond donors (Lipinski definition) is 2. The highest BCUT2D eigenvalue weighted by Crippen LogP contribution is 2.22. The SMILES string of the molecule is Cc1ccc(-c2cc(C(=O)NC(C)c3cccc(OC(F)F)c3)n[nH]2)o1. The molecule has 136 valence electrons. The van der Waals surface area contributed by atoms with Gasteiger partial charge in [0.15, 0.2) is 11.5 Å². The number of amides is 1. The Morgan fingerprint density at radius 3 is 2.77 bits per heavy atom. The number of benzene rings is 1. The quantitative estimate of drug-likeness (QED) is 0.694. The summed E-state index contributed by atoms with van der Waals surface area (Å²) in [5, 5.41) is 9.50. The molecule has 0 aliphatic rings. The van der Waals surface area contributed by atoms with Crippen LogP contribution in [-0.2, 0) is 0 Å². The molecule has 2 heterocycles. The van der Waals surface area contributed by atoms with Crippen molar-refractivity contribution in [2.45, 2.75) is 26.5 Å². The highest BCUT2D eigenvalue weighted by molar-refractivity contribution is 5.93. The van der Waals surface area contributed by atoms with Crippen molar-refractivity contribution in [1.82, 2.24) is 15.5 Å². The molecule has 8 heteroatoms. The van der Waals surface area contributed by atoms with Crippen LogP contribution < -0.4 is 10.1 Å². The third-order valence-electron chi connectivity index (χ3n) is 3.75. The number of halogens is 2. The molecule has 0 saturated carbocycles. The highest BCUT2D eigenvalue weighted by atomic mass is 19.3. The van der Waals surface area contributed by atoms with Gasteiger partial charge in [0.05, 0.1) is 6.04 Å². The Morgan fingerprint density at radius 1 is 1.27 bits per heavy atom. The lowest BCUT2D eigenvalue weighted by Crippen LogP contribution is -2.27. The van der Waals surface area contributed by atoms with Crippen LogP contribution in [0.5, 0.6) is 5.75 Å². The molecular weight excluding hydrogens is 344 g/mol. The number of aromatic amines is 1. The predicted molar refractivity (Wildman–Crippen MR) is 90.0 cm³/mol. The standard InChI is InChI=1S/C18H17F2N3O3/c1-10-6-7-16(25-10)14-9-15(23-22-14)17(24)21-11(2)12-4-3-5-13(8-12)26-18(19)20/h3-9,11,18H,1-2H3,(H,21,24)(H,22,23). The molecule has 1 atom stereocenters. The summed E-state index contributed by atoms with van der Waals surface area (Å²) in [5.74, 6) is 0.969. The van der Waals surface area contributed by atoms with Crippen LogP contribution in [-0.4, -0.2) is 22.7 Å². The summed E-state index contributed by atoms with van der Waals surface area (Å²) in [7, 11) is 0. The van der Waals surface area contributed by atoms with Gasteiger partial charge in [-0.25, -0.2) is 0 Å². The first-order valence-corrected chi connectivity index (χ1v) is 7.90. The first kappa shape index (κ1) is 17.7. The van der Waals surface area contributed by atoms with E-state index in [0.717, 1.165) is 5.76 Å². The zero-order chi connectivity index (χ0) is 18.7. The summed E-state index contributed by atoms with van der Waals surface area (Å²) in [5.41, 5.74) is 1.41. The molecule has 1 amide bonds. The Hall–Kier alpha value is -3.16. The molecule has 3 rings (SSSR count). The van der Waals surface area contributed by atoms with E-state index in [1.165, 1.54) is 12.1 Å². The van der Waals surface area contributed by atoms with Crippen molar-refractivity contribution in [2.75, 3.05) is 0 Å². The Balaban J connectivity index is 1.69. The van der Waals surface area contributed by atoms with Crippen LogP contribution in [0.3, 0.4) is 0 Å². The van der Waals surface area contributed by atoms with Gasteiger partial charge in [-0.3, -0.25) is 9.89 Å². The van der Waals surface area contributed by atoms with Crippen LogP contribution in [0, 0.1) is 6.92 Å². The van der Waals surface area contributed by atoms with E-state index in [-0.39, 0.29) is 11.4 Å². The fourth-order valence-electron chi connectivity index (χ4n) is 2.46. The van der Waals surface area contributed by atoms with Crippen LogP contribution in [0.25, 0.3) is 11.5 Å². The molecule has 0 radical (unpaired) electrons. The van der Waals surface area contributed by atoms with Gasteiger partial charge in [0, 0.05) is 6.07 Å². The highest BCUT2D eigenvalue weighted by Gasteiger charge is 2.17. The Bertz CT molecular complexity index is 904. The lowest BCUT2D eigenvalue weighted by atomic mass is 10.1. The summed E-state index contributed by atoms with van der Waals surface area (Å²) in [6, 6.07) is 10.9. The fourth-order valence-corrected chi connectivity index (χ4v) is 2.46. The van der Waals surface area contributed by atoms with Crippen molar-refractivity contribution in [2.24, 2.45) is 0 Å². The number of ether oxygens (including phenoxy) is 1. The molecule has 26 heavy (non-hydrogen) atoms. The van der Waals surface area contributed by atoms with Gasteiger partial charge in [0.1, 0.15) is 17.2 Å². The smallest absolute Gasteiger partial charge is 0.387 e. The second-order valence-electron chi connectivity index (χ2n) is 5.72. The number of aryl methyl sites for hydroxylation is 1. The van der Waals surface area contributed by atoms with Crippen molar-refractivity contribution >= 4 is 5.91 Å². The van der Waals surface area contributed by atoms with E-state index in [1.807, 2.05) is 13.0 Å². The molecule has 6 nitrogen and oxygen atoms in total. The maximum Gasteiger partial charge on any atom is 0.387 e. The number of furan rings is 1. The first-order chi connectivity index (χ1) is 12.4. The van der Waals surface area contributed by atoms with Crippen molar-refractivity contribution in [3.05, 3.63) is 59.5 Å². The second-order valence-corrected chi connectivity index (χ2v) is 5.72. The maximum absolute atomic E-state index is 12.4. The van der Waals surface area contributed by atoms with Gasteiger partial charge in [-0.1, -0.05) is 12.1 Å². The largest absolute Gasteiger partial charge is 0.460 e. The van der Waals surface area contributed by atoms with Gasteiger partial charge in [0.2, 0.25) is 0 Å². The molecule has 0 aliphatic heterocycles. The molecule has 0 saturated heterocycles. The van der Waals surface area contributed by atoms with E-state index in [2.05, 4.69) is 20.3 Å². The zero-order valence-corrected chi connectivity index (χ0v) is 14.1. The minimum absolute atomic E-state index is 0.0360. The lowest BCUT2D eigenvalue weighted by Gasteiger charge is -2.14. The van der Waals surface area contributed by atoms with Crippen molar-refractivity contribution in [1.29, 1.82) is 0 Å². The monoisotopic (exact) mass is 361 g/mol. The molecular formula is C18H17F2N3O3. The first-order valence-electron chi connectivity index (χ1n) is 7.90. The van der Waals surface area contributed by atoms with E-state index >= 15 is 0 Å². The van der Waals surface area contributed by atoms with Crippen LogP contribution in [0.4, 0.5) is 8.78 Å². The number of aromatic nitrogens is 2. The topological polar surface area (TPSA) is 80.1 Å². The minimum Gasteiger partial charge on any atom is -0.460 e. The number of carbonyl (C=O) groups is 1. The molecule has 0 spiro atoms. The lowest BCUT2D eigenvalue weighted by molar-refractivity contribution is -0.0499. The fraction of sp³-hybridized carbons (Fsp3) is 0.222. The van der Waals surface area contributed by atoms with Gasteiger partial charge in [-0.15, -0.1) is 0 Å². The van der Waals surface area contributed by atoms with Crippen molar-refractivity contribution < 1.29 is 22.7 Å². The number of alkyl halides is 2. The summed E-state index contributed by atoms with van der Waals surface area (Å²) in [4.78, 5) is 12.4. The van der Waals surface area contributed by atoms with E-state index in [4.69, 9.17) is 4.42 Å². The molecule has 0 fully saturated rings. The second kappa shape index (κ2) is 7.38. The van der Waals surface area contributed by atoms with Gasteiger partial charge < -0.3 is 14.5 Å². The normalized spacial score (nSPS) is 12.2. The third-order valence-corrected chi connectivity index (χ3v) is 3.75. The molecule has 1 unspecified atom stereocenters. The number of carbonyl (C=O) groups excluding carboxylic acids is 1. The maximum atomic E-state index is 12.4. The van der Waals surface area contributed by atoms with Crippen LogP contribution in [0.2, 0.25) is 0 Å². The average Bonchev–Trinajstić information content (AvgIpc) is 3.23. The number of hydrogen-bond acceptors (Lipinski definition) is 4. The molecule has 1 aromatic carbocycles. The number of nitrogens with one attached hydrogen (secondary N) is 2. The van der Waals surface area contributed by atoms with Crippen molar-refractivity contribution in [3.63, 3.8) is 0 Å². The zero-order valence-electron chi connectivity index (χ0n) is 14.1. The molecule has 0 aliphatic carbocycles. The Kier molecular flexibility index (Phi) is 5.01. The molecule has 0 bridgehead atoms. The number of rotatable bonds is 6. The van der Waals surface area contributed by atoms with E-state index in [9.17, 15) is 13.6 Å². The van der Waals surface area contributed by atoms with Gasteiger partial charge in [-0.05, 0) is 43.7 Å². The van der Waals surface area contributed by atoms with E-state index in [0.29, 0.717) is 17.0 Å². The van der Waals surface area contributed by atoms with E-state index < -0.39 is 18.6 Å². The average molecular weight is 361 g/mol. The summed E-state index contributed by atoms with van der Waals surface area (Å²) < 4.78 is 34.5. The summed E-state index contributed by atoms with van der Waals surface area (Å²) in [6.07, 6.45) is 0. The Labute approximate surface area is 148 Å². The van der Waals surface area contributed by atoms with Gasteiger partial charge in [-0.2, -0.15) is 13.9 Å². The minimum atomic E-state index is -2.90. The summed E-state index contributed by atoms with van der Waals surface area (Å²) in [6.45, 7) is 0.659. The number of H-pyrrole nitrogens is 1. The van der Waals surface area contributed by atoms with Crippen molar-refractivity contribution in [3.8, 4) is 17.2 Å². The van der Waals surface area contributed by atoms with Gasteiger partial charge >= 0.3 is 6.61 Å². The van der Waals surface area contributed by atoms with E-state index in [1.54, 1.807) is 31.2 Å². The summed E-state index contributed by atoms with van der Waals surface area (Å²) >= 11 is 0. The Morgan fingerprint density at radius 2 is 2.08 bits per heavy atom.